The number of thioether (sulfide) groups is 1. The van der Waals surface area contributed by atoms with Gasteiger partial charge in [-0.3, -0.25) is 4.79 Å². The average molecular weight is 377 g/mol. The lowest BCUT2D eigenvalue weighted by Crippen LogP contribution is -2.17. The fourth-order valence-electron chi connectivity index (χ4n) is 2.77. The van der Waals surface area contributed by atoms with Gasteiger partial charge >= 0.3 is 0 Å². The van der Waals surface area contributed by atoms with Crippen LogP contribution in [-0.4, -0.2) is 10.2 Å². The van der Waals surface area contributed by atoms with Crippen LogP contribution in [0.5, 0.6) is 5.75 Å². The van der Waals surface area contributed by atoms with Gasteiger partial charge in [0.1, 0.15) is 16.7 Å². The number of carbonyl (C=O) groups is 1. The third kappa shape index (κ3) is 3.64. The Bertz CT molecular complexity index is 1030. The first-order chi connectivity index (χ1) is 12.7. The van der Waals surface area contributed by atoms with E-state index >= 15 is 0 Å². The molecule has 1 fully saturated rings. The molecule has 0 spiro atoms. The van der Waals surface area contributed by atoms with Gasteiger partial charge in [-0.1, -0.05) is 78.6 Å². The molecule has 1 amide bonds. The third-order valence-electron chi connectivity index (χ3n) is 4.04. The summed E-state index contributed by atoms with van der Waals surface area (Å²) in [6.07, 6.45) is 1.84. The molecular weight excluding hydrogens is 362 g/mol. The number of rotatable bonds is 4. The maximum Gasteiger partial charge on any atom is 0.263 e. The van der Waals surface area contributed by atoms with Gasteiger partial charge in [0.25, 0.3) is 5.91 Å². The highest BCUT2D eigenvalue weighted by Gasteiger charge is 2.22. The van der Waals surface area contributed by atoms with Crippen LogP contribution in [0.25, 0.3) is 16.8 Å². The number of ether oxygens (including phenoxy) is 1. The molecular formula is C21H15NO2S2. The predicted octanol–water partition coefficient (Wildman–Crippen LogP) is 4.91. The molecule has 1 saturated heterocycles. The summed E-state index contributed by atoms with van der Waals surface area (Å²) >= 11 is 6.35. The summed E-state index contributed by atoms with van der Waals surface area (Å²) in [5, 5.41) is 4.84. The van der Waals surface area contributed by atoms with Gasteiger partial charge in [-0.05, 0) is 34.5 Å². The van der Waals surface area contributed by atoms with Gasteiger partial charge in [-0.25, -0.2) is 0 Å². The van der Waals surface area contributed by atoms with Gasteiger partial charge in [0, 0.05) is 5.56 Å². The number of hydrogen-bond acceptors (Lipinski definition) is 4. The van der Waals surface area contributed by atoms with E-state index in [0.717, 1.165) is 27.6 Å². The fourth-order valence-corrected chi connectivity index (χ4v) is 3.81. The number of fused-ring (bicyclic) bond motifs is 1. The minimum atomic E-state index is -0.165. The van der Waals surface area contributed by atoms with Crippen LogP contribution < -0.4 is 10.1 Å². The first-order valence-electron chi connectivity index (χ1n) is 8.13. The first-order valence-corrected chi connectivity index (χ1v) is 9.36. The van der Waals surface area contributed by atoms with Crippen LogP contribution in [0.3, 0.4) is 0 Å². The number of nitrogens with one attached hydrogen (secondary N) is 1. The van der Waals surface area contributed by atoms with Crippen molar-refractivity contribution in [3.63, 3.8) is 0 Å². The molecule has 5 heteroatoms. The van der Waals surface area contributed by atoms with Crippen molar-refractivity contribution in [2.45, 2.75) is 6.61 Å². The molecule has 0 saturated carbocycles. The van der Waals surface area contributed by atoms with E-state index in [1.165, 1.54) is 11.8 Å². The topological polar surface area (TPSA) is 38.3 Å². The SMILES string of the molecule is O=C1NC(=S)S/C1=C\c1cc2ccccc2cc1OCc1ccccc1. The quantitative estimate of drug-likeness (QED) is 0.518. The van der Waals surface area contributed by atoms with E-state index in [4.69, 9.17) is 17.0 Å². The zero-order valence-corrected chi connectivity index (χ0v) is 15.4. The van der Waals surface area contributed by atoms with Gasteiger partial charge in [0.2, 0.25) is 0 Å². The minimum absolute atomic E-state index is 0.165. The molecule has 26 heavy (non-hydrogen) atoms. The molecule has 1 aliphatic heterocycles. The van der Waals surface area contributed by atoms with Crippen molar-refractivity contribution in [2.75, 3.05) is 0 Å². The van der Waals surface area contributed by atoms with E-state index in [1.54, 1.807) is 0 Å². The zero-order valence-electron chi connectivity index (χ0n) is 13.8. The highest BCUT2D eigenvalue weighted by molar-refractivity contribution is 8.26. The molecule has 0 bridgehead atoms. The monoisotopic (exact) mass is 377 g/mol. The van der Waals surface area contributed by atoms with Crippen LogP contribution in [-0.2, 0) is 11.4 Å². The maximum absolute atomic E-state index is 12.0. The van der Waals surface area contributed by atoms with Gasteiger partial charge in [0.05, 0.1) is 4.91 Å². The van der Waals surface area contributed by atoms with E-state index in [9.17, 15) is 4.79 Å². The van der Waals surface area contributed by atoms with Crippen molar-refractivity contribution >= 4 is 51.1 Å². The average Bonchev–Trinajstić information content (AvgIpc) is 2.98. The summed E-state index contributed by atoms with van der Waals surface area (Å²) in [4.78, 5) is 12.6. The van der Waals surface area contributed by atoms with Crippen molar-refractivity contribution in [1.82, 2.24) is 5.32 Å². The molecule has 1 heterocycles. The van der Waals surface area contributed by atoms with Gasteiger partial charge in [0.15, 0.2) is 0 Å². The van der Waals surface area contributed by atoms with Crippen LogP contribution in [0, 0.1) is 0 Å². The normalized spacial score (nSPS) is 15.5. The molecule has 4 rings (SSSR count). The van der Waals surface area contributed by atoms with E-state index in [0.29, 0.717) is 15.8 Å². The van der Waals surface area contributed by atoms with E-state index in [-0.39, 0.29) is 5.91 Å². The Morgan fingerprint density at radius 1 is 1.00 bits per heavy atom. The van der Waals surface area contributed by atoms with Gasteiger partial charge < -0.3 is 10.1 Å². The number of thiocarbonyl (C=S) groups is 1. The Hall–Kier alpha value is -2.63. The standard InChI is InChI=1S/C21H15NO2S2/c23-20-19(26-21(25)22-20)12-17-10-15-8-4-5-9-16(15)11-18(17)24-13-14-6-2-1-3-7-14/h1-12H,13H2,(H,22,23,25)/b19-12-. The summed E-state index contributed by atoms with van der Waals surface area (Å²) in [5.74, 6) is 0.577. The Morgan fingerprint density at radius 2 is 1.69 bits per heavy atom. The van der Waals surface area contributed by atoms with Crippen LogP contribution >= 0.6 is 24.0 Å². The Morgan fingerprint density at radius 3 is 2.38 bits per heavy atom. The molecule has 0 aliphatic carbocycles. The highest BCUT2D eigenvalue weighted by Crippen LogP contribution is 2.32. The van der Waals surface area contributed by atoms with Crippen LogP contribution in [0.15, 0.2) is 71.6 Å². The second kappa shape index (κ2) is 7.32. The summed E-state index contributed by atoms with van der Waals surface area (Å²) in [5.41, 5.74) is 1.95. The second-order valence-corrected chi connectivity index (χ2v) is 7.58. The van der Waals surface area contributed by atoms with Crippen LogP contribution in [0.2, 0.25) is 0 Å². The molecule has 128 valence electrons. The van der Waals surface area contributed by atoms with E-state index in [2.05, 4.69) is 5.32 Å². The Balaban J connectivity index is 1.73. The summed E-state index contributed by atoms with van der Waals surface area (Å²) in [6.45, 7) is 0.465. The smallest absolute Gasteiger partial charge is 0.263 e. The first kappa shape index (κ1) is 16.8. The molecule has 0 aromatic heterocycles. The molecule has 1 N–H and O–H groups in total. The van der Waals surface area contributed by atoms with Crippen molar-refractivity contribution in [1.29, 1.82) is 0 Å². The lowest BCUT2D eigenvalue weighted by Gasteiger charge is -2.12. The summed E-state index contributed by atoms with van der Waals surface area (Å²) in [6, 6.07) is 22.2. The number of hydrogen-bond donors (Lipinski definition) is 1. The molecule has 0 unspecified atom stereocenters. The van der Waals surface area contributed by atoms with Crippen molar-refractivity contribution in [3.8, 4) is 5.75 Å². The van der Waals surface area contributed by atoms with Gasteiger partial charge in [-0.2, -0.15) is 0 Å². The van der Waals surface area contributed by atoms with Crippen LogP contribution in [0.4, 0.5) is 0 Å². The molecule has 0 atom stereocenters. The predicted molar refractivity (Wildman–Crippen MR) is 111 cm³/mol. The summed E-state index contributed by atoms with van der Waals surface area (Å²) in [7, 11) is 0. The Kier molecular flexibility index (Phi) is 4.73. The van der Waals surface area contributed by atoms with Crippen LogP contribution in [0.1, 0.15) is 11.1 Å². The number of amides is 1. The molecule has 3 nitrogen and oxygen atoms in total. The van der Waals surface area contributed by atoms with Crippen molar-refractivity contribution in [2.24, 2.45) is 0 Å². The lowest BCUT2D eigenvalue weighted by atomic mass is 10.1. The third-order valence-corrected chi connectivity index (χ3v) is 5.21. The molecule has 3 aromatic carbocycles. The van der Waals surface area contributed by atoms with Gasteiger partial charge in [-0.15, -0.1) is 0 Å². The highest BCUT2D eigenvalue weighted by atomic mass is 32.2. The van der Waals surface area contributed by atoms with Crippen molar-refractivity contribution < 1.29 is 9.53 Å². The largest absolute Gasteiger partial charge is 0.488 e. The molecule has 1 aliphatic rings. The minimum Gasteiger partial charge on any atom is -0.488 e. The maximum atomic E-state index is 12.0. The van der Waals surface area contributed by atoms with E-state index < -0.39 is 0 Å². The van der Waals surface area contributed by atoms with E-state index in [1.807, 2.05) is 72.8 Å². The summed E-state index contributed by atoms with van der Waals surface area (Å²) < 4.78 is 6.57. The van der Waals surface area contributed by atoms with Crippen molar-refractivity contribution in [3.05, 3.63) is 82.8 Å². The molecule has 3 aromatic rings. The second-order valence-electron chi connectivity index (χ2n) is 5.86. The lowest BCUT2D eigenvalue weighted by molar-refractivity contribution is -0.115. The Labute approximate surface area is 161 Å². The molecule has 0 radical (unpaired) electrons. The number of carbonyl (C=O) groups excluding carboxylic acids is 1. The zero-order chi connectivity index (χ0) is 17.9. The fraction of sp³-hybridized carbons (Fsp3) is 0.0476. The number of benzene rings is 3.